The highest BCUT2D eigenvalue weighted by Crippen LogP contribution is 2.03. The van der Waals surface area contributed by atoms with Crippen LogP contribution in [0, 0.1) is 0 Å². The van der Waals surface area contributed by atoms with Crippen LogP contribution in [0.5, 0.6) is 0 Å². The molecule has 3 N–H and O–H groups in total. The second-order valence-electron chi connectivity index (χ2n) is 3.88. The number of nitrogens with one attached hydrogen (secondary N) is 1. The van der Waals surface area contributed by atoms with Gasteiger partial charge in [-0.2, -0.15) is 0 Å². The Bertz CT molecular complexity index is 169. The van der Waals surface area contributed by atoms with Crippen molar-refractivity contribution in [3.05, 3.63) is 0 Å². The summed E-state index contributed by atoms with van der Waals surface area (Å²) in [6, 6.07) is 0. The van der Waals surface area contributed by atoms with Gasteiger partial charge in [-0.1, -0.05) is 6.92 Å². The third-order valence-electron chi connectivity index (χ3n) is 2.63. The number of aliphatic hydroxyl groups excluding tert-OH is 2. The number of likely N-dealkylation sites (N-methyl/N-ethyl adjacent to an activating group) is 1. The van der Waals surface area contributed by atoms with Gasteiger partial charge < -0.3 is 20.3 Å². The molecule has 0 aromatic heterocycles. The van der Waals surface area contributed by atoms with E-state index in [-0.39, 0.29) is 12.7 Å². The lowest BCUT2D eigenvalue weighted by Crippen LogP contribution is -2.47. The fourth-order valence-corrected chi connectivity index (χ4v) is 1.67. The molecular formula is C10H22N2O3. The van der Waals surface area contributed by atoms with E-state index >= 15 is 0 Å². The summed E-state index contributed by atoms with van der Waals surface area (Å²) in [6.07, 6.45) is -0.472. The van der Waals surface area contributed by atoms with Crippen LogP contribution in [-0.2, 0) is 4.74 Å². The van der Waals surface area contributed by atoms with E-state index in [9.17, 15) is 0 Å². The zero-order chi connectivity index (χ0) is 11.1. The highest BCUT2D eigenvalue weighted by atomic mass is 16.5. The molecule has 1 rings (SSSR count). The average Bonchev–Trinajstić information content (AvgIpc) is 2.29. The Labute approximate surface area is 91.0 Å². The molecule has 1 aliphatic rings. The average molecular weight is 218 g/mol. The normalized spacial score (nSPS) is 25.4. The van der Waals surface area contributed by atoms with Crippen LogP contribution in [0.2, 0.25) is 0 Å². The fourth-order valence-electron chi connectivity index (χ4n) is 1.67. The van der Waals surface area contributed by atoms with Crippen LogP contribution in [0.4, 0.5) is 0 Å². The van der Waals surface area contributed by atoms with Crippen molar-refractivity contribution in [2.24, 2.45) is 0 Å². The van der Waals surface area contributed by atoms with Gasteiger partial charge in [0.15, 0.2) is 0 Å². The van der Waals surface area contributed by atoms with Crippen molar-refractivity contribution in [2.75, 3.05) is 45.9 Å². The van der Waals surface area contributed by atoms with Gasteiger partial charge in [-0.25, -0.2) is 0 Å². The number of morpholine rings is 1. The summed E-state index contributed by atoms with van der Waals surface area (Å²) in [4.78, 5) is 2.35. The van der Waals surface area contributed by atoms with Gasteiger partial charge in [0.1, 0.15) is 0 Å². The Morgan fingerprint density at radius 1 is 1.60 bits per heavy atom. The molecule has 0 radical (unpaired) electrons. The lowest BCUT2D eigenvalue weighted by molar-refractivity contribution is -0.0267. The molecule has 15 heavy (non-hydrogen) atoms. The maximum absolute atomic E-state index is 9.12. The first-order valence-electron chi connectivity index (χ1n) is 5.59. The van der Waals surface area contributed by atoms with Crippen LogP contribution < -0.4 is 5.32 Å². The Balaban J connectivity index is 2.10. The first-order chi connectivity index (χ1) is 7.26. The summed E-state index contributed by atoms with van der Waals surface area (Å²) in [6.45, 7) is 6.88. The minimum absolute atomic E-state index is 0.195. The monoisotopic (exact) mass is 218 g/mol. The van der Waals surface area contributed by atoms with Crippen molar-refractivity contribution in [3.63, 3.8) is 0 Å². The largest absolute Gasteiger partial charge is 0.394 e. The summed E-state index contributed by atoms with van der Waals surface area (Å²) in [7, 11) is 0. The molecule has 2 unspecified atom stereocenters. The van der Waals surface area contributed by atoms with E-state index in [0.717, 1.165) is 32.8 Å². The van der Waals surface area contributed by atoms with Gasteiger partial charge in [0.2, 0.25) is 0 Å². The third kappa shape index (κ3) is 4.90. The number of nitrogens with zero attached hydrogens (tertiary/aromatic N) is 1. The summed E-state index contributed by atoms with van der Waals surface area (Å²) in [5, 5.41) is 20.8. The van der Waals surface area contributed by atoms with Crippen LogP contribution in [0.1, 0.15) is 6.92 Å². The molecule has 5 heteroatoms. The summed E-state index contributed by atoms with van der Waals surface area (Å²) in [5.74, 6) is 0. The third-order valence-corrected chi connectivity index (χ3v) is 2.63. The lowest BCUT2D eigenvalue weighted by Gasteiger charge is -2.32. The lowest BCUT2D eigenvalue weighted by atomic mass is 10.2. The fraction of sp³-hybridized carbons (Fsp3) is 1.00. The molecule has 1 aliphatic heterocycles. The first-order valence-corrected chi connectivity index (χ1v) is 5.59. The van der Waals surface area contributed by atoms with Gasteiger partial charge in [-0.3, -0.25) is 4.90 Å². The van der Waals surface area contributed by atoms with Crippen molar-refractivity contribution in [1.29, 1.82) is 0 Å². The smallest absolute Gasteiger partial charge is 0.0894 e. The number of aliphatic hydroxyl groups is 2. The minimum Gasteiger partial charge on any atom is -0.394 e. The highest BCUT2D eigenvalue weighted by molar-refractivity contribution is 4.73. The molecule has 2 atom stereocenters. The number of hydrogen-bond donors (Lipinski definition) is 3. The minimum atomic E-state index is -0.670. The SMILES string of the molecule is CCN1CCOC(CNCC(O)CO)C1. The second kappa shape index (κ2) is 7.14. The van der Waals surface area contributed by atoms with Crippen molar-refractivity contribution in [3.8, 4) is 0 Å². The van der Waals surface area contributed by atoms with Gasteiger partial charge in [0.25, 0.3) is 0 Å². The Morgan fingerprint density at radius 3 is 3.07 bits per heavy atom. The molecule has 0 aromatic rings. The second-order valence-corrected chi connectivity index (χ2v) is 3.88. The maximum atomic E-state index is 9.12. The van der Waals surface area contributed by atoms with Gasteiger partial charge in [0.05, 0.1) is 25.4 Å². The summed E-state index contributed by atoms with van der Waals surface area (Å²) >= 11 is 0. The van der Waals surface area contributed by atoms with Gasteiger partial charge in [-0.15, -0.1) is 0 Å². The van der Waals surface area contributed by atoms with Crippen LogP contribution in [0.25, 0.3) is 0 Å². The molecule has 0 spiro atoms. The number of hydrogen-bond acceptors (Lipinski definition) is 5. The molecule has 0 aliphatic carbocycles. The molecule has 0 aromatic carbocycles. The number of rotatable bonds is 6. The van der Waals surface area contributed by atoms with E-state index in [1.807, 2.05) is 0 Å². The van der Waals surface area contributed by atoms with Crippen LogP contribution >= 0.6 is 0 Å². The molecule has 5 nitrogen and oxygen atoms in total. The molecule has 1 heterocycles. The van der Waals surface area contributed by atoms with Crippen LogP contribution in [0.15, 0.2) is 0 Å². The van der Waals surface area contributed by atoms with Crippen molar-refractivity contribution in [1.82, 2.24) is 10.2 Å². The van der Waals surface area contributed by atoms with E-state index in [1.165, 1.54) is 0 Å². The van der Waals surface area contributed by atoms with Crippen LogP contribution in [0.3, 0.4) is 0 Å². The topological polar surface area (TPSA) is 65.0 Å². The van der Waals surface area contributed by atoms with Crippen molar-refractivity contribution < 1.29 is 14.9 Å². The molecule has 0 saturated carbocycles. The van der Waals surface area contributed by atoms with E-state index in [1.54, 1.807) is 0 Å². The highest BCUT2D eigenvalue weighted by Gasteiger charge is 2.18. The number of ether oxygens (including phenoxy) is 1. The van der Waals surface area contributed by atoms with E-state index in [2.05, 4.69) is 17.1 Å². The van der Waals surface area contributed by atoms with Crippen LogP contribution in [-0.4, -0.2) is 73.3 Å². The summed E-state index contributed by atoms with van der Waals surface area (Å²) < 4.78 is 5.58. The predicted molar refractivity (Wildman–Crippen MR) is 57.8 cm³/mol. The molecular weight excluding hydrogens is 196 g/mol. The van der Waals surface area contributed by atoms with Gasteiger partial charge in [-0.05, 0) is 6.54 Å². The molecule has 1 saturated heterocycles. The van der Waals surface area contributed by atoms with E-state index in [0.29, 0.717) is 6.54 Å². The van der Waals surface area contributed by atoms with E-state index in [4.69, 9.17) is 14.9 Å². The standard InChI is InChI=1S/C10H22N2O3/c1-2-12-3-4-15-10(7-12)6-11-5-9(14)8-13/h9-11,13-14H,2-8H2,1H3. The molecule has 1 fully saturated rings. The molecule has 90 valence electrons. The van der Waals surface area contributed by atoms with Gasteiger partial charge >= 0.3 is 0 Å². The molecule has 0 bridgehead atoms. The zero-order valence-corrected chi connectivity index (χ0v) is 9.35. The quantitative estimate of drug-likeness (QED) is 0.514. The Morgan fingerprint density at radius 2 is 2.40 bits per heavy atom. The van der Waals surface area contributed by atoms with Crippen molar-refractivity contribution >= 4 is 0 Å². The molecule has 0 amide bonds. The van der Waals surface area contributed by atoms with Crippen molar-refractivity contribution in [2.45, 2.75) is 19.1 Å². The summed E-state index contributed by atoms with van der Waals surface area (Å²) in [5.41, 5.74) is 0. The first kappa shape index (κ1) is 12.9. The zero-order valence-electron chi connectivity index (χ0n) is 9.35. The predicted octanol–water partition coefficient (Wildman–Crippen LogP) is -1.35. The maximum Gasteiger partial charge on any atom is 0.0894 e. The van der Waals surface area contributed by atoms with E-state index < -0.39 is 6.10 Å². The van der Waals surface area contributed by atoms with Gasteiger partial charge in [0, 0.05) is 26.2 Å². The Hall–Kier alpha value is -0.200. The Kier molecular flexibility index (Phi) is 6.12.